The quantitative estimate of drug-likeness (QED) is 0.546. The van der Waals surface area contributed by atoms with E-state index < -0.39 is 23.7 Å². The van der Waals surface area contributed by atoms with Crippen molar-refractivity contribution in [2.24, 2.45) is 5.73 Å². The molecule has 0 aromatic heterocycles. The van der Waals surface area contributed by atoms with Crippen LogP contribution < -0.4 is 11.1 Å². The Balaban J connectivity index is 2.44. The van der Waals surface area contributed by atoms with Crippen LogP contribution in [0.1, 0.15) is 12.0 Å². The number of benzene rings is 1. The molecule has 0 aliphatic rings. The number of hydrogen-bond acceptors (Lipinski definition) is 5. The molecule has 0 aliphatic heterocycles. The minimum absolute atomic E-state index is 0.232. The summed E-state index contributed by atoms with van der Waals surface area (Å²) in [7, 11) is 1.19. The summed E-state index contributed by atoms with van der Waals surface area (Å²) in [6.45, 7) is 0.232. The number of methoxy groups -OCH3 is 1. The average molecular weight is 264 g/mol. The zero-order valence-electron chi connectivity index (χ0n) is 10.6. The van der Waals surface area contributed by atoms with Crippen molar-refractivity contribution in [3.63, 3.8) is 0 Å². The molecule has 1 amide bonds. The molecule has 0 saturated carbocycles. The van der Waals surface area contributed by atoms with Crippen molar-refractivity contribution in [3.8, 4) is 0 Å². The molecule has 1 rings (SSSR count). The second-order valence-electron chi connectivity index (χ2n) is 3.92. The molecule has 0 radical (unpaired) electrons. The van der Waals surface area contributed by atoms with E-state index >= 15 is 0 Å². The van der Waals surface area contributed by atoms with Crippen LogP contribution >= 0.6 is 0 Å². The van der Waals surface area contributed by atoms with Crippen LogP contribution in [0.3, 0.4) is 0 Å². The van der Waals surface area contributed by atoms with E-state index in [1.807, 2.05) is 30.3 Å². The van der Waals surface area contributed by atoms with Gasteiger partial charge in [0.15, 0.2) is 0 Å². The summed E-state index contributed by atoms with van der Waals surface area (Å²) < 4.78 is 4.38. The van der Waals surface area contributed by atoms with Gasteiger partial charge in [-0.25, -0.2) is 0 Å². The predicted octanol–water partition coefficient (Wildman–Crippen LogP) is -0.238. The topological polar surface area (TPSA) is 98.5 Å². The summed E-state index contributed by atoms with van der Waals surface area (Å²) in [4.78, 5) is 34.0. The fourth-order valence-electron chi connectivity index (χ4n) is 1.39. The highest BCUT2D eigenvalue weighted by Crippen LogP contribution is 1.98. The maximum absolute atomic E-state index is 11.6. The molecule has 1 aromatic carbocycles. The van der Waals surface area contributed by atoms with Gasteiger partial charge in [-0.2, -0.15) is 0 Å². The van der Waals surface area contributed by atoms with Gasteiger partial charge in [-0.15, -0.1) is 0 Å². The van der Waals surface area contributed by atoms with Crippen molar-refractivity contribution in [1.29, 1.82) is 0 Å². The number of Topliss-reactive ketones (excluding diaryl/α,β-unsaturated/α-hetero) is 1. The lowest BCUT2D eigenvalue weighted by Crippen LogP contribution is -2.43. The Hall–Kier alpha value is -2.21. The molecule has 0 heterocycles. The van der Waals surface area contributed by atoms with Gasteiger partial charge < -0.3 is 15.8 Å². The first-order valence-corrected chi connectivity index (χ1v) is 5.73. The summed E-state index contributed by atoms with van der Waals surface area (Å²) in [5.41, 5.74) is 6.32. The van der Waals surface area contributed by atoms with E-state index in [-0.39, 0.29) is 13.0 Å². The number of carbonyl (C=O) groups excluding carboxylic acids is 3. The maximum atomic E-state index is 11.6. The van der Waals surface area contributed by atoms with Crippen LogP contribution in [0.25, 0.3) is 0 Å². The number of ether oxygens (including phenoxy) is 1. The molecular formula is C13H16N2O4. The number of esters is 1. The number of nitrogens with two attached hydrogens (primary N) is 1. The molecule has 6 heteroatoms. The van der Waals surface area contributed by atoms with Gasteiger partial charge in [0.1, 0.15) is 0 Å². The number of nitrogens with one attached hydrogen (secondary N) is 1. The van der Waals surface area contributed by atoms with Crippen LogP contribution in [-0.4, -0.2) is 30.8 Å². The molecule has 1 atom stereocenters. The van der Waals surface area contributed by atoms with E-state index in [1.165, 1.54) is 7.11 Å². The number of amides is 1. The van der Waals surface area contributed by atoms with E-state index in [0.717, 1.165) is 5.56 Å². The van der Waals surface area contributed by atoms with Gasteiger partial charge in [-0.05, 0) is 5.56 Å². The van der Waals surface area contributed by atoms with E-state index in [4.69, 9.17) is 5.73 Å². The first-order valence-electron chi connectivity index (χ1n) is 5.73. The summed E-state index contributed by atoms with van der Waals surface area (Å²) >= 11 is 0. The van der Waals surface area contributed by atoms with Crippen molar-refractivity contribution in [2.75, 3.05) is 7.11 Å². The number of hydrogen-bond donors (Lipinski definition) is 2. The standard InChI is InChI=1S/C13H16N2O4/c1-19-11(16)7-10(14)12(17)13(18)15-8-9-5-3-2-4-6-9/h2-6,10H,7-8,14H2,1H3,(H,15,18). The van der Waals surface area contributed by atoms with Gasteiger partial charge in [-0.1, -0.05) is 30.3 Å². The van der Waals surface area contributed by atoms with Crippen LogP contribution in [0.15, 0.2) is 30.3 Å². The number of ketones is 1. The number of carbonyl (C=O) groups is 3. The third kappa shape index (κ3) is 4.89. The molecule has 0 aliphatic carbocycles. The Bertz CT molecular complexity index is 459. The van der Waals surface area contributed by atoms with Crippen LogP contribution in [0.5, 0.6) is 0 Å². The number of rotatable bonds is 6. The second-order valence-corrected chi connectivity index (χ2v) is 3.92. The highest BCUT2D eigenvalue weighted by Gasteiger charge is 2.24. The van der Waals surface area contributed by atoms with Crippen LogP contribution in [-0.2, 0) is 25.7 Å². The summed E-state index contributed by atoms with van der Waals surface area (Å²) in [6.07, 6.45) is -0.311. The zero-order chi connectivity index (χ0) is 14.3. The van der Waals surface area contributed by atoms with Gasteiger partial charge in [-0.3, -0.25) is 14.4 Å². The van der Waals surface area contributed by atoms with E-state index in [2.05, 4.69) is 10.1 Å². The first kappa shape index (κ1) is 14.8. The molecule has 1 unspecified atom stereocenters. The molecule has 19 heavy (non-hydrogen) atoms. The van der Waals surface area contributed by atoms with Crippen molar-refractivity contribution < 1.29 is 19.1 Å². The lowest BCUT2D eigenvalue weighted by molar-refractivity contribution is -0.144. The minimum Gasteiger partial charge on any atom is -0.469 e. The molecule has 1 aromatic rings. The van der Waals surface area contributed by atoms with Crippen LogP contribution in [0, 0.1) is 0 Å². The third-order valence-corrected chi connectivity index (χ3v) is 2.47. The molecule has 0 saturated heterocycles. The summed E-state index contributed by atoms with van der Waals surface area (Å²) in [5.74, 6) is -2.27. The van der Waals surface area contributed by atoms with Crippen molar-refractivity contribution >= 4 is 17.7 Å². The Morgan fingerprint density at radius 1 is 1.26 bits per heavy atom. The highest BCUT2D eigenvalue weighted by atomic mass is 16.5. The van der Waals surface area contributed by atoms with Crippen molar-refractivity contribution in [3.05, 3.63) is 35.9 Å². The van der Waals surface area contributed by atoms with E-state index in [9.17, 15) is 14.4 Å². The van der Waals surface area contributed by atoms with Gasteiger partial charge >= 0.3 is 5.97 Å². The molecule has 0 fully saturated rings. The van der Waals surface area contributed by atoms with Gasteiger partial charge in [0, 0.05) is 6.54 Å². The van der Waals surface area contributed by atoms with E-state index in [0.29, 0.717) is 0 Å². The Kier molecular flexibility index (Phi) is 5.69. The lowest BCUT2D eigenvalue weighted by Gasteiger charge is -2.09. The first-order chi connectivity index (χ1) is 9.04. The SMILES string of the molecule is COC(=O)CC(N)C(=O)C(=O)NCc1ccccc1. The fourth-order valence-corrected chi connectivity index (χ4v) is 1.39. The van der Waals surface area contributed by atoms with Crippen LogP contribution in [0.2, 0.25) is 0 Å². The molecule has 0 bridgehead atoms. The normalized spacial score (nSPS) is 11.5. The Morgan fingerprint density at radius 3 is 2.47 bits per heavy atom. The smallest absolute Gasteiger partial charge is 0.307 e. The summed E-state index contributed by atoms with van der Waals surface area (Å²) in [5, 5.41) is 2.45. The molecule has 102 valence electrons. The Morgan fingerprint density at radius 2 is 1.89 bits per heavy atom. The minimum atomic E-state index is -1.18. The summed E-state index contributed by atoms with van der Waals surface area (Å²) in [6, 6.07) is 7.96. The molecule has 6 nitrogen and oxygen atoms in total. The van der Waals surface area contributed by atoms with E-state index in [1.54, 1.807) is 0 Å². The Labute approximate surface area is 110 Å². The lowest BCUT2D eigenvalue weighted by atomic mass is 10.1. The third-order valence-electron chi connectivity index (χ3n) is 2.47. The fraction of sp³-hybridized carbons (Fsp3) is 0.308. The maximum Gasteiger partial charge on any atom is 0.307 e. The van der Waals surface area contributed by atoms with Gasteiger partial charge in [0.2, 0.25) is 5.78 Å². The largest absolute Gasteiger partial charge is 0.469 e. The second kappa shape index (κ2) is 7.27. The zero-order valence-corrected chi connectivity index (χ0v) is 10.6. The highest BCUT2D eigenvalue weighted by molar-refractivity contribution is 6.38. The van der Waals surface area contributed by atoms with Gasteiger partial charge in [0.25, 0.3) is 5.91 Å². The molecular weight excluding hydrogens is 248 g/mol. The predicted molar refractivity (Wildman–Crippen MR) is 67.9 cm³/mol. The molecule has 0 spiro atoms. The van der Waals surface area contributed by atoms with Crippen LogP contribution in [0.4, 0.5) is 0 Å². The van der Waals surface area contributed by atoms with Crippen molar-refractivity contribution in [1.82, 2.24) is 5.32 Å². The molecule has 3 N–H and O–H groups in total. The van der Waals surface area contributed by atoms with Crippen molar-refractivity contribution in [2.45, 2.75) is 19.0 Å². The average Bonchev–Trinajstić information content (AvgIpc) is 2.44. The monoisotopic (exact) mass is 264 g/mol. The van der Waals surface area contributed by atoms with Gasteiger partial charge in [0.05, 0.1) is 19.6 Å².